The second kappa shape index (κ2) is 15.1. The first-order chi connectivity index (χ1) is 23.7. The van der Waals surface area contributed by atoms with Crippen molar-refractivity contribution < 1.29 is 28.6 Å². The van der Waals surface area contributed by atoms with E-state index in [2.05, 4.69) is 5.10 Å². The fourth-order valence-electron chi connectivity index (χ4n) is 6.60. The Bertz CT molecular complexity index is 2040. The molecule has 5 rings (SSSR count). The highest BCUT2D eigenvalue weighted by atomic mass is 35.5. The minimum atomic E-state index is -1.01. The van der Waals surface area contributed by atoms with Crippen molar-refractivity contribution in [2.45, 2.75) is 78.9 Å². The van der Waals surface area contributed by atoms with Crippen molar-refractivity contribution in [3.63, 3.8) is 0 Å². The smallest absolute Gasteiger partial charge is 0.410 e. The molecule has 0 atom stereocenters. The molecule has 0 fully saturated rings. The summed E-state index contributed by atoms with van der Waals surface area (Å²) >= 11 is 6.96. The van der Waals surface area contributed by atoms with Gasteiger partial charge in [0.2, 0.25) is 0 Å². The summed E-state index contributed by atoms with van der Waals surface area (Å²) in [6.07, 6.45) is 2.83. The number of hydrogen-bond donors (Lipinski definition) is 1. The second-order valence-corrected chi connectivity index (χ2v) is 14.2. The summed E-state index contributed by atoms with van der Waals surface area (Å²) in [7, 11) is 3.60. The maximum Gasteiger partial charge on any atom is 0.410 e. The highest BCUT2D eigenvalue weighted by molar-refractivity contribution is 6.35. The highest BCUT2D eigenvalue weighted by Crippen LogP contribution is 2.42. The van der Waals surface area contributed by atoms with Crippen molar-refractivity contribution in [2.75, 3.05) is 20.2 Å². The lowest BCUT2D eigenvalue weighted by molar-refractivity contribution is 0.0295. The molecule has 11 heteroatoms. The predicted octanol–water partition coefficient (Wildman–Crippen LogP) is 9.35. The molecule has 2 aromatic heterocycles. The number of amides is 1. The van der Waals surface area contributed by atoms with Crippen LogP contribution in [0.25, 0.3) is 32.8 Å². The van der Waals surface area contributed by atoms with E-state index >= 15 is 0 Å². The summed E-state index contributed by atoms with van der Waals surface area (Å²) in [4.78, 5) is 27.1. The largest absolute Gasteiger partial charge is 0.493 e. The van der Waals surface area contributed by atoms with E-state index in [1.54, 1.807) is 18.0 Å². The Morgan fingerprint density at radius 3 is 2.42 bits per heavy atom. The number of hydrogen-bond acceptors (Lipinski definition) is 5. The molecule has 0 saturated heterocycles. The lowest BCUT2D eigenvalue weighted by atomic mass is 9.98. The van der Waals surface area contributed by atoms with Gasteiger partial charge in [-0.1, -0.05) is 29.8 Å². The van der Waals surface area contributed by atoms with Gasteiger partial charge in [0, 0.05) is 54.8 Å². The number of fused-ring (bicyclic) bond motifs is 2. The third-order valence-electron chi connectivity index (χ3n) is 8.95. The van der Waals surface area contributed by atoms with E-state index in [1.165, 1.54) is 12.1 Å². The second-order valence-electron chi connectivity index (χ2n) is 13.8. The van der Waals surface area contributed by atoms with E-state index in [-0.39, 0.29) is 17.6 Å². The van der Waals surface area contributed by atoms with Crippen LogP contribution >= 0.6 is 11.6 Å². The standard InChI is InChI=1S/C39H46ClFN4O5/c1-24-33(25(2)44(7)42-24)34-31(40)19-18-30-29(14-12-22-49-32-15-11-13-26-23-27(41)16-17-28(26)32)36(37(46)47)45(35(30)34)21-10-8-9-20-43(6)38(48)50-39(3,4)5/h11,13,15-19,23H,8-10,12,14,20-22H2,1-7H3,(H,46,47). The number of aromatic carboxylic acids is 1. The van der Waals surface area contributed by atoms with Crippen LogP contribution in [0.15, 0.2) is 48.5 Å². The van der Waals surface area contributed by atoms with Crippen LogP contribution in [0.3, 0.4) is 0 Å². The number of carbonyl (C=O) groups is 2. The molecule has 0 aliphatic heterocycles. The molecule has 0 unspecified atom stereocenters. The lowest BCUT2D eigenvalue weighted by Crippen LogP contribution is -2.34. The Kier molecular flexibility index (Phi) is 11.1. The zero-order valence-corrected chi connectivity index (χ0v) is 30.7. The van der Waals surface area contributed by atoms with Gasteiger partial charge in [-0.3, -0.25) is 4.68 Å². The van der Waals surface area contributed by atoms with Crippen molar-refractivity contribution in [3.8, 4) is 16.9 Å². The highest BCUT2D eigenvalue weighted by Gasteiger charge is 2.28. The van der Waals surface area contributed by atoms with Crippen LogP contribution < -0.4 is 4.74 Å². The summed E-state index contributed by atoms with van der Waals surface area (Å²) in [5, 5.41) is 18.3. The number of ether oxygens (including phenoxy) is 2. The number of benzene rings is 3. The molecule has 0 bridgehead atoms. The van der Waals surface area contributed by atoms with Crippen molar-refractivity contribution in [1.29, 1.82) is 0 Å². The average Bonchev–Trinajstić information content (AvgIpc) is 3.49. The van der Waals surface area contributed by atoms with Crippen LogP contribution in [0.5, 0.6) is 5.75 Å². The first-order valence-corrected chi connectivity index (χ1v) is 17.4. The average molecular weight is 705 g/mol. The number of carboxylic acids is 1. The Labute approximate surface area is 297 Å². The van der Waals surface area contributed by atoms with Gasteiger partial charge in [0.05, 0.1) is 22.8 Å². The summed E-state index contributed by atoms with van der Waals surface area (Å²) in [5.41, 5.74) is 4.54. The number of rotatable bonds is 13. The third-order valence-corrected chi connectivity index (χ3v) is 9.27. The molecule has 1 amide bonds. The van der Waals surface area contributed by atoms with E-state index in [9.17, 15) is 19.1 Å². The Morgan fingerprint density at radius 2 is 1.74 bits per heavy atom. The molecule has 50 heavy (non-hydrogen) atoms. The summed E-state index contributed by atoms with van der Waals surface area (Å²) in [6, 6.07) is 13.9. The number of carboxylic acid groups (broad SMARTS) is 1. The van der Waals surface area contributed by atoms with Gasteiger partial charge in [-0.25, -0.2) is 14.0 Å². The number of halogens is 2. The van der Waals surface area contributed by atoms with Crippen LogP contribution in [0, 0.1) is 19.7 Å². The molecule has 0 spiro atoms. The zero-order valence-electron chi connectivity index (χ0n) is 29.9. The first-order valence-electron chi connectivity index (χ1n) is 17.0. The molecule has 2 heterocycles. The number of unbranched alkanes of at least 4 members (excludes halogenated alkanes) is 2. The summed E-state index contributed by atoms with van der Waals surface area (Å²) in [5.74, 6) is -0.673. The van der Waals surface area contributed by atoms with E-state index in [0.717, 1.165) is 62.6 Å². The van der Waals surface area contributed by atoms with Crippen molar-refractivity contribution >= 4 is 45.3 Å². The number of aromatic nitrogens is 3. The molecular weight excluding hydrogens is 659 g/mol. The molecule has 3 aromatic carbocycles. The van der Waals surface area contributed by atoms with Crippen LogP contribution in [0.4, 0.5) is 9.18 Å². The fourth-order valence-corrected chi connectivity index (χ4v) is 6.84. The van der Waals surface area contributed by atoms with Gasteiger partial charge < -0.3 is 24.0 Å². The van der Waals surface area contributed by atoms with E-state index in [4.69, 9.17) is 21.1 Å². The van der Waals surface area contributed by atoms with Gasteiger partial charge in [0.25, 0.3) is 0 Å². The molecule has 266 valence electrons. The van der Waals surface area contributed by atoms with E-state index in [0.29, 0.717) is 49.7 Å². The SMILES string of the molecule is Cc1nn(C)c(C)c1-c1c(Cl)ccc2c(CCCOc3cccc4cc(F)ccc34)c(C(=O)O)n(CCCCCN(C)C(=O)OC(C)(C)C)c12. The lowest BCUT2D eigenvalue weighted by Gasteiger charge is -2.24. The van der Waals surface area contributed by atoms with Gasteiger partial charge in [0.15, 0.2) is 0 Å². The zero-order chi connectivity index (χ0) is 36.3. The molecule has 0 aliphatic carbocycles. The molecule has 1 N–H and O–H groups in total. The van der Waals surface area contributed by atoms with Crippen molar-refractivity contribution in [2.24, 2.45) is 7.05 Å². The third kappa shape index (κ3) is 7.91. The molecule has 0 aliphatic rings. The minimum absolute atomic E-state index is 0.231. The van der Waals surface area contributed by atoms with Crippen molar-refractivity contribution in [1.82, 2.24) is 19.2 Å². The van der Waals surface area contributed by atoms with Gasteiger partial charge in [-0.2, -0.15) is 5.10 Å². The number of aryl methyl sites for hydroxylation is 4. The number of nitrogens with zero attached hydrogens (tertiary/aromatic N) is 4. The van der Waals surface area contributed by atoms with Crippen LogP contribution in [-0.4, -0.2) is 62.2 Å². The monoisotopic (exact) mass is 704 g/mol. The molecule has 0 saturated carbocycles. The topological polar surface area (TPSA) is 98.8 Å². The number of carbonyl (C=O) groups excluding carboxylic acids is 1. The van der Waals surface area contributed by atoms with Crippen LogP contribution in [-0.2, 0) is 24.8 Å². The van der Waals surface area contributed by atoms with Crippen LogP contribution in [0.1, 0.15) is 73.9 Å². The molecule has 0 radical (unpaired) electrons. The fraction of sp³-hybridized carbons (Fsp3) is 0.410. The summed E-state index contributed by atoms with van der Waals surface area (Å²) in [6.45, 7) is 10.7. The minimum Gasteiger partial charge on any atom is -0.493 e. The Balaban J connectivity index is 1.44. The Hall–Kier alpha value is -4.57. The Morgan fingerprint density at radius 1 is 1.00 bits per heavy atom. The molecule has 9 nitrogen and oxygen atoms in total. The van der Waals surface area contributed by atoms with Crippen LogP contribution in [0.2, 0.25) is 5.02 Å². The maximum atomic E-state index is 13.8. The van der Waals surface area contributed by atoms with Crippen molar-refractivity contribution in [3.05, 3.63) is 82.0 Å². The van der Waals surface area contributed by atoms with Gasteiger partial charge in [-0.05, 0) is 108 Å². The normalized spacial score (nSPS) is 11.8. The van der Waals surface area contributed by atoms with Gasteiger partial charge >= 0.3 is 12.1 Å². The quantitative estimate of drug-likeness (QED) is 0.123. The van der Waals surface area contributed by atoms with E-state index < -0.39 is 11.6 Å². The molecule has 5 aromatic rings. The predicted molar refractivity (Wildman–Crippen MR) is 196 cm³/mol. The van der Waals surface area contributed by atoms with Gasteiger partial charge in [0.1, 0.15) is 22.9 Å². The maximum absolute atomic E-state index is 13.8. The first kappa shape index (κ1) is 36.7. The van der Waals surface area contributed by atoms with Gasteiger partial charge in [-0.15, -0.1) is 0 Å². The van der Waals surface area contributed by atoms with E-state index in [1.807, 2.05) is 81.2 Å². The summed E-state index contributed by atoms with van der Waals surface area (Å²) < 4.78 is 29.1. The molecular formula is C39H46ClFN4O5.